The smallest absolute Gasteiger partial charge is 0.322 e. The van der Waals surface area contributed by atoms with Crippen molar-refractivity contribution in [2.75, 3.05) is 5.32 Å². The van der Waals surface area contributed by atoms with Crippen molar-refractivity contribution in [1.82, 2.24) is 4.72 Å². The topological polar surface area (TPSA) is 105 Å². The number of sulfonamides is 1. The summed E-state index contributed by atoms with van der Waals surface area (Å²) in [7, 11) is -4.47. The van der Waals surface area contributed by atoms with Crippen LogP contribution in [0.1, 0.15) is 66.5 Å². The lowest BCUT2D eigenvalue weighted by Gasteiger charge is -2.26. The Balaban J connectivity index is 1.74. The molecule has 3 aromatic carbocycles. The van der Waals surface area contributed by atoms with Gasteiger partial charge in [-0.15, -0.1) is 0 Å². The first-order chi connectivity index (χ1) is 18.9. The third-order valence-electron chi connectivity index (χ3n) is 7.30. The average molecular weight is 589 g/mol. The number of carbonyl (C=O) groups is 1. The predicted octanol–water partition coefficient (Wildman–Crippen LogP) is 6.48. The summed E-state index contributed by atoms with van der Waals surface area (Å²) < 4.78 is 51.4. The maximum atomic E-state index is 14.9. The summed E-state index contributed by atoms with van der Waals surface area (Å²) in [6.45, 7) is 6.94. The number of carboxylic acid groups (broad SMARTS) is 1. The Hall–Kier alpha value is -2.98. The number of halogens is 2. The molecule has 0 radical (unpaired) electrons. The molecule has 0 bridgehead atoms. The molecular formula is C30H34ClFN2O5S. The second-order valence-electron chi connectivity index (χ2n) is 10.4. The van der Waals surface area contributed by atoms with Crippen LogP contribution in [0.25, 0.3) is 0 Å². The summed E-state index contributed by atoms with van der Waals surface area (Å²) in [4.78, 5) is 12.3. The van der Waals surface area contributed by atoms with Crippen molar-refractivity contribution in [2.24, 2.45) is 0 Å². The van der Waals surface area contributed by atoms with Gasteiger partial charge < -0.3 is 15.2 Å². The molecule has 0 spiro atoms. The van der Waals surface area contributed by atoms with E-state index in [0.29, 0.717) is 10.6 Å². The van der Waals surface area contributed by atoms with Crippen LogP contribution in [-0.2, 0) is 26.2 Å². The highest BCUT2D eigenvalue weighted by atomic mass is 35.5. The van der Waals surface area contributed by atoms with Gasteiger partial charge in [0.25, 0.3) is 0 Å². The minimum atomic E-state index is -4.47. The number of nitrogens with one attached hydrogen (secondary N) is 2. The highest BCUT2D eigenvalue weighted by molar-refractivity contribution is 7.89. The Morgan fingerprint density at radius 1 is 1.12 bits per heavy atom. The van der Waals surface area contributed by atoms with E-state index in [2.05, 4.69) is 10.0 Å². The molecule has 1 aliphatic carbocycles. The van der Waals surface area contributed by atoms with Gasteiger partial charge in [0.2, 0.25) is 10.0 Å². The third-order valence-corrected chi connectivity index (χ3v) is 9.08. The standard InChI is InChI=1S/C30H34ClFN2O5S/c1-17-10-13-25(32)27(18(17)2)19(3)28(30(35)36)34-40(37,38)29-24(14-22(31)15-26(29)33-23-11-12-23)20(4)39-16-21-8-6-5-7-9-21/h5-10,13-15,19-20,23,28,33-34H,11-12,16H2,1-4H3,(H,35,36). The van der Waals surface area contributed by atoms with Gasteiger partial charge in [-0.05, 0) is 74.1 Å². The predicted molar refractivity (Wildman–Crippen MR) is 154 cm³/mol. The number of ether oxygens (including phenoxy) is 1. The lowest BCUT2D eigenvalue weighted by atomic mass is 9.88. The fourth-order valence-corrected chi connectivity index (χ4v) is 6.71. The van der Waals surface area contributed by atoms with Gasteiger partial charge in [-0.3, -0.25) is 4.79 Å². The molecule has 3 atom stereocenters. The zero-order chi connectivity index (χ0) is 29.2. The van der Waals surface area contributed by atoms with Crippen LogP contribution in [-0.4, -0.2) is 31.6 Å². The van der Waals surface area contributed by atoms with Crippen LogP contribution in [0.2, 0.25) is 5.02 Å². The lowest BCUT2D eigenvalue weighted by molar-refractivity contribution is -0.139. The number of hydrogen-bond donors (Lipinski definition) is 3. The first-order valence-electron chi connectivity index (χ1n) is 13.1. The van der Waals surface area contributed by atoms with Gasteiger partial charge >= 0.3 is 5.97 Å². The van der Waals surface area contributed by atoms with Crippen molar-refractivity contribution >= 4 is 33.3 Å². The molecule has 3 N–H and O–H groups in total. The molecule has 1 saturated carbocycles. The van der Waals surface area contributed by atoms with E-state index in [1.165, 1.54) is 25.1 Å². The first kappa shape index (κ1) is 30.0. The summed E-state index contributed by atoms with van der Waals surface area (Å²) in [6, 6.07) is 13.8. The fraction of sp³-hybridized carbons (Fsp3) is 0.367. The van der Waals surface area contributed by atoms with E-state index in [9.17, 15) is 22.7 Å². The largest absolute Gasteiger partial charge is 0.480 e. The molecule has 7 nitrogen and oxygen atoms in total. The van der Waals surface area contributed by atoms with Gasteiger partial charge in [0.15, 0.2) is 0 Å². The Bertz CT molecular complexity index is 1500. The second kappa shape index (κ2) is 12.3. The second-order valence-corrected chi connectivity index (χ2v) is 12.4. The Kier molecular flexibility index (Phi) is 9.19. The molecule has 214 valence electrons. The number of aliphatic carboxylic acids is 1. The van der Waals surface area contributed by atoms with E-state index in [-0.39, 0.29) is 34.4 Å². The van der Waals surface area contributed by atoms with Gasteiger partial charge in [0.1, 0.15) is 16.8 Å². The maximum Gasteiger partial charge on any atom is 0.322 e. The zero-order valence-electron chi connectivity index (χ0n) is 22.9. The molecule has 0 aromatic heterocycles. The van der Waals surface area contributed by atoms with Crippen molar-refractivity contribution in [1.29, 1.82) is 0 Å². The average Bonchev–Trinajstić information content (AvgIpc) is 3.72. The normalized spacial score (nSPS) is 15.8. The van der Waals surface area contributed by atoms with Crippen molar-refractivity contribution in [3.8, 4) is 0 Å². The van der Waals surface area contributed by atoms with E-state index in [1.54, 1.807) is 26.8 Å². The van der Waals surface area contributed by atoms with Crippen molar-refractivity contribution < 1.29 is 27.4 Å². The minimum Gasteiger partial charge on any atom is -0.480 e. The molecule has 1 aliphatic rings. The first-order valence-corrected chi connectivity index (χ1v) is 15.0. The van der Waals surface area contributed by atoms with E-state index in [4.69, 9.17) is 16.3 Å². The van der Waals surface area contributed by atoms with Crippen LogP contribution in [0.4, 0.5) is 10.1 Å². The summed E-state index contributed by atoms with van der Waals surface area (Å²) in [5.74, 6) is -3.02. The number of anilines is 1. The van der Waals surface area contributed by atoms with Crippen molar-refractivity contribution in [2.45, 2.75) is 76.1 Å². The third kappa shape index (κ3) is 6.83. The van der Waals surface area contributed by atoms with Gasteiger partial charge in [-0.2, -0.15) is 4.72 Å². The minimum absolute atomic E-state index is 0.0824. The SMILES string of the molecule is Cc1ccc(F)c(C(C)C(NS(=O)(=O)c2c(NC3CC3)cc(Cl)cc2C(C)OCc2ccccc2)C(=O)O)c1C. The van der Waals surface area contributed by atoms with Crippen LogP contribution in [0.5, 0.6) is 0 Å². The van der Waals surface area contributed by atoms with E-state index in [1.807, 2.05) is 30.3 Å². The van der Waals surface area contributed by atoms with Crippen LogP contribution in [0.15, 0.2) is 59.5 Å². The molecule has 40 heavy (non-hydrogen) atoms. The number of rotatable bonds is 12. The van der Waals surface area contributed by atoms with E-state index < -0.39 is 39.9 Å². The number of aryl methyl sites for hydroxylation is 1. The zero-order valence-corrected chi connectivity index (χ0v) is 24.4. The van der Waals surface area contributed by atoms with Crippen LogP contribution in [0, 0.1) is 19.7 Å². The Morgan fingerprint density at radius 3 is 2.42 bits per heavy atom. The molecule has 4 rings (SSSR count). The molecule has 3 aromatic rings. The molecule has 10 heteroatoms. The molecule has 3 unspecified atom stereocenters. The molecule has 1 fully saturated rings. The molecule has 0 amide bonds. The van der Waals surface area contributed by atoms with Crippen molar-refractivity contribution in [3.05, 3.63) is 93.3 Å². The van der Waals surface area contributed by atoms with Gasteiger partial charge in [-0.1, -0.05) is 54.9 Å². The van der Waals surface area contributed by atoms with Crippen LogP contribution in [0.3, 0.4) is 0 Å². The number of hydrogen-bond acceptors (Lipinski definition) is 5. The Morgan fingerprint density at radius 2 is 1.80 bits per heavy atom. The highest BCUT2D eigenvalue weighted by Crippen LogP contribution is 2.38. The van der Waals surface area contributed by atoms with Crippen molar-refractivity contribution in [3.63, 3.8) is 0 Å². The lowest BCUT2D eigenvalue weighted by Crippen LogP contribution is -2.45. The van der Waals surface area contributed by atoms with Gasteiger partial charge in [0, 0.05) is 22.5 Å². The summed E-state index contributed by atoms with van der Waals surface area (Å²) in [6.07, 6.45) is 1.03. The number of carboxylic acids is 1. The maximum absolute atomic E-state index is 14.9. The van der Waals surface area contributed by atoms with Crippen LogP contribution >= 0.6 is 11.6 Å². The van der Waals surface area contributed by atoms with Crippen LogP contribution < -0.4 is 10.0 Å². The van der Waals surface area contributed by atoms with E-state index >= 15 is 0 Å². The summed E-state index contributed by atoms with van der Waals surface area (Å²) >= 11 is 6.43. The van der Waals surface area contributed by atoms with Gasteiger partial charge in [0.05, 0.1) is 18.4 Å². The molecule has 0 heterocycles. The summed E-state index contributed by atoms with van der Waals surface area (Å²) in [5, 5.41) is 13.6. The molecule has 0 saturated heterocycles. The molecular weight excluding hydrogens is 555 g/mol. The van der Waals surface area contributed by atoms with E-state index in [0.717, 1.165) is 24.0 Å². The molecule has 0 aliphatic heterocycles. The number of benzene rings is 3. The highest BCUT2D eigenvalue weighted by Gasteiger charge is 2.37. The Labute approximate surface area is 239 Å². The monoisotopic (exact) mass is 588 g/mol. The fourth-order valence-electron chi connectivity index (χ4n) is 4.78. The summed E-state index contributed by atoms with van der Waals surface area (Å²) in [5.41, 5.74) is 2.96. The quantitative estimate of drug-likeness (QED) is 0.224. The van der Waals surface area contributed by atoms with Gasteiger partial charge in [-0.25, -0.2) is 12.8 Å².